The van der Waals surface area contributed by atoms with Crippen molar-refractivity contribution in [2.45, 2.75) is 40.2 Å². The van der Waals surface area contributed by atoms with Crippen molar-refractivity contribution in [1.29, 1.82) is 0 Å². The Morgan fingerprint density at radius 3 is 2.33 bits per heavy atom. The molecule has 0 heterocycles. The molecule has 0 saturated heterocycles. The van der Waals surface area contributed by atoms with Gasteiger partial charge in [-0.1, -0.05) is 35.8 Å². The second-order valence-electron chi connectivity index (χ2n) is 5.57. The molecule has 21 heavy (non-hydrogen) atoms. The van der Waals surface area contributed by atoms with Crippen LogP contribution in [0.2, 0.25) is 0 Å². The van der Waals surface area contributed by atoms with Gasteiger partial charge >= 0.3 is 0 Å². The molecule has 118 valence electrons. The zero-order chi connectivity index (χ0) is 16.6. The van der Waals surface area contributed by atoms with E-state index in [-0.39, 0.29) is 11.4 Å². The van der Waals surface area contributed by atoms with Crippen LogP contribution in [0.4, 0.5) is 0 Å². The number of hydrogen-bond acceptors (Lipinski definition) is 3. The molecule has 0 aliphatic rings. The topological polar surface area (TPSA) is 55.4 Å². The van der Waals surface area contributed by atoms with Crippen LogP contribution in [0.3, 0.4) is 0 Å². The molecule has 0 aliphatic carbocycles. The monoisotopic (exact) mass is 357 g/mol. The van der Waals surface area contributed by atoms with Gasteiger partial charge < -0.3 is 10.1 Å². The van der Waals surface area contributed by atoms with Crippen LogP contribution in [0.25, 0.3) is 0 Å². The lowest BCUT2D eigenvalue weighted by molar-refractivity contribution is -0.126. The Hall–Kier alpha value is -1.36. The number of carbonyl (C=O) groups excluding carboxylic acids is 2. The average Bonchev–Trinajstić information content (AvgIpc) is 2.41. The Bertz CT molecular complexity index is 484. The first-order valence-corrected chi connectivity index (χ1v) is 7.50. The summed E-state index contributed by atoms with van der Waals surface area (Å²) in [6, 6.07) is 5.68. The Kier molecular flexibility index (Phi) is 8.25. The number of halogens is 1. The van der Waals surface area contributed by atoms with Crippen LogP contribution in [0, 0.1) is 12.8 Å². The highest BCUT2D eigenvalue weighted by Crippen LogP contribution is 2.21. The standard InChI is InChI=1S/C14H20BrNO.C2H4O2/c1-9(2)14(4,5)16-13(17)11-7-6-8-12(15)10(11)3;1-4-2-3/h6-9H,1-5H3,(H,16,17);2H,1H3. The molecule has 0 unspecified atom stereocenters. The summed E-state index contributed by atoms with van der Waals surface area (Å²) >= 11 is 3.44. The van der Waals surface area contributed by atoms with Crippen LogP contribution in [0.1, 0.15) is 43.6 Å². The van der Waals surface area contributed by atoms with Gasteiger partial charge in [0, 0.05) is 15.6 Å². The summed E-state index contributed by atoms with van der Waals surface area (Å²) in [7, 11) is 1.31. The van der Waals surface area contributed by atoms with E-state index in [1.807, 2.05) is 39.0 Å². The predicted molar refractivity (Wildman–Crippen MR) is 88.3 cm³/mol. The highest BCUT2D eigenvalue weighted by atomic mass is 79.9. The Morgan fingerprint density at radius 1 is 1.38 bits per heavy atom. The summed E-state index contributed by atoms with van der Waals surface area (Å²) in [5.41, 5.74) is 1.50. The highest BCUT2D eigenvalue weighted by molar-refractivity contribution is 9.10. The van der Waals surface area contributed by atoms with Gasteiger partial charge in [-0.15, -0.1) is 0 Å². The maximum Gasteiger partial charge on any atom is 0.292 e. The maximum atomic E-state index is 12.2. The first-order chi connectivity index (χ1) is 9.67. The lowest BCUT2D eigenvalue weighted by Crippen LogP contribution is -2.47. The largest absolute Gasteiger partial charge is 0.471 e. The molecule has 0 fully saturated rings. The van der Waals surface area contributed by atoms with Crippen LogP contribution in [0.15, 0.2) is 22.7 Å². The van der Waals surface area contributed by atoms with Crippen molar-refractivity contribution in [3.8, 4) is 0 Å². The first kappa shape index (κ1) is 19.6. The van der Waals surface area contributed by atoms with E-state index >= 15 is 0 Å². The fraction of sp³-hybridized carbons (Fsp3) is 0.500. The fourth-order valence-electron chi connectivity index (χ4n) is 1.36. The van der Waals surface area contributed by atoms with Gasteiger partial charge in [0.2, 0.25) is 0 Å². The number of hydrogen-bond donors (Lipinski definition) is 1. The molecule has 0 spiro atoms. The number of rotatable bonds is 4. The number of ether oxygens (including phenoxy) is 1. The third-order valence-corrected chi connectivity index (χ3v) is 4.35. The molecule has 0 atom stereocenters. The van der Waals surface area contributed by atoms with Crippen LogP contribution in [-0.2, 0) is 9.53 Å². The molecule has 0 radical (unpaired) electrons. The van der Waals surface area contributed by atoms with E-state index < -0.39 is 0 Å². The molecular formula is C16H24BrNO3. The van der Waals surface area contributed by atoms with Gasteiger partial charge in [0.15, 0.2) is 0 Å². The maximum absolute atomic E-state index is 12.2. The minimum Gasteiger partial charge on any atom is -0.471 e. The van der Waals surface area contributed by atoms with Gasteiger partial charge in [0.25, 0.3) is 12.4 Å². The van der Waals surface area contributed by atoms with Crippen LogP contribution in [0.5, 0.6) is 0 Å². The average molecular weight is 358 g/mol. The predicted octanol–water partition coefficient (Wildman–Crippen LogP) is 3.71. The summed E-state index contributed by atoms with van der Waals surface area (Å²) in [4.78, 5) is 21.2. The van der Waals surface area contributed by atoms with Gasteiger partial charge in [-0.2, -0.15) is 0 Å². The van der Waals surface area contributed by atoms with Gasteiger partial charge in [-0.05, 0) is 44.4 Å². The molecule has 1 amide bonds. The normalized spacial score (nSPS) is 10.5. The number of amides is 1. The molecule has 1 N–H and O–H groups in total. The molecule has 1 rings (SSSR count). The van der Waals surface area contributed by atoms with Crippen LogP contribution in [-0.4, -0.2) is 25.0 Å². The highest BCUT2D eigenvalue weighted by Gasteiger charge is 2.25. The lowest BCUT2D eigenvalue weighted by Gasteiger charge is -2.30. The van der Waals surface area contributed by atoms with E-state index in [2.05, 4.69) is 39.8 Å². The fourth-order valence-corrected chi connectivity index (χ4v) is 1.72. The van der Waals surface area contributed by atoms with Crippen LogP contribution < -0.4 is 5.32 Å². The molecule has 0 aliphatic heterocycles. The van der Waals surface area contributed by atoms with Crippen molar-refractivity contribution in [2.24, 2.45) is 5.92 Å². The number of nitrogens with one attached hydrogen (secondary N) is 1. The quantitative estimate of drug-likeness (QED) is 0.835. The molecule has 5 heteroatoms. The number of methoxy groups -OCH3 is 1. The molecule has 0 saturated carbocycles. The minimum absolute atomic E-state index is 0.0116. The van der Waals surface area contributed by atoms with Crippen LogP contribution >= 0.6 is 15.9 Å². The van der Waals surface area contributed by atoms with Gasteiger partial charge in [-0.25, -0.2) is 0 Å². The number of benzene rings is 1. The van der Waals surface area contributed by atoms with Crippen molar-refractivity contribution in [3.63, 3.8) is 0 Å². The molecule has 0 bridgehead atoms. The summed E-state index contributed by atoms with van der Waals surface area (Å²) < 4.78 is 4.83. The molecule has 1 aromatic rings. The molecule has 4 nitrogen and oxygen atoms in total. The lowest BCUT2D eigenvalue weighted by atomic mass is 9.90. The van der Waals surface area contributed by atoms with E-state index in [1.54, 1.807) is 0 Å². The third kappa shape index (κ3) is 6.29. The van der Waals surface area contributed by atoms with E-state index in [0.717, 1.165) is 15.6 Å². The summed E-state index contributed by atoms with van der Waals surface area (Å²) in [5, 5.41) is 3.08. The number of carbonyl (C=O) groups is 2. The molecular weight excluding hydrogens is 334 g/mol. The zero-order valence-corrected chi connectivity index (χ0v) is 15.1. The summed E-state index contributed by atoms with van der Waals surface area (Å²) in [5.74, 6) is 0.376. The van der Waals surface area contributed by atoms with E-state index in [1.165, 1.54) is 7.11 Å². The molecule has 1 aromatic carbocycles. The van der Waals surface area contributed by atoms with E-state index in [9.17, 15) is 4.79 Å². The third-order valence-electron chi connectivity index (χ3n) is 3.49. The van der Waals surface area contributed by atoms with Crippen molar-refractivity contribution in [2.75, 3.05) is 7.11 Å². The minimum atomic E-state index is -0.203. The Balaban J connectivity index is 0.000000885. The second-order valence-corrected chi connectivity index (χ2v) is 6.43. The second kappa shape index (κ2) is 8.82. The van der Waals surface area contributed by atoms with E-state index in [0.29, 0.717) is 12.4 Å². The first-order valence-electron chi connectivity index (χ1n) is 6.71. The summed E-state index contributed by atoms with van der Waals surface area (Å²) in [6.07, 6.45) is 0. The molecule has 0 aromatic heterocycles. The van der Waals surface area contributed by atoms with Gasteiger partial charge in [0.05, 0.1) is 7.11 Å². The van der Waals surface area contributed by atoms with Crippen molar-refractivity contribution in [3.05, 3.63) is 33.8 Å². The Labute approximate surface area is 135 Å². The smallest absolute Gasteiger partial charge is 0.292 e. The van der Waals surface area contributed by atoms with Gasteiger partial charge in [-0.3, -0.25) is 9.59 Å². The van der Waals surface area contributed by atoms with Gasteiger partial charge in [0.1, 0.15) is 0 Å². The summed E-state index contributed by atoms with van der Waals surface area (Å²) in [6.45, 7) is 10.6. The Morgan fingerprint density at radius 2 is 1.90 bits per heavy atom. The van der Waals surface area contributed by atoms with E-state index in [4.69, 9.17) is 4.79 Å². The van der Waals surface area contributed by atoms with Crippen molar-refractivity contribution < 1.29 is 14.3 Å². The van der Waals surface area contributed by atoms with Crippen molar-refractivity contribution >= 4 is 28.3 Å². The SMILES string of the molecule is COC=O.Cc1c(Br)cccc1C(=O)NC(C)(C)C(C)C. The zero-order valence-electron chi connectivity index (χ0n) is 13.5. The van der Waals surface area contributed by atoms with Crippen molar-refractivity contribution in [1.82, 2.24) is 5.32 Å².